The van der Waals surface area contributed by atoms with Crippen LogP contribution in [-0.2, 0) is 14.3 Å². The third-order valence-corrected chi connectivity index (χ3v) is 11.8. The Morgan fingerprint density at radius 1 is 0.977 bits per heavy atom. The number of Topliss-reactive ketones (excluding diaryl/α,β-unsaturated/α-hetero) is 1. The number of piperazine rings is 1. The van der Waals surface area contributed by atoms with Crippen LogP contribution in [0.15, 0.2) is 11.8 Å². The Hall–Kier alpha value is -1.59. The number of likely N-dealkylation sites (N-methyl/N-ethyl adjacent to an activating group) is 1. The highest BCUT2D eigenvalue weighted by Gasteiger charge is 2.58. The van der Waals surface area contributed by atoms with Gasteiger partial charge in [-0.25, -0.2) is 4.39 Å². The van der Waals surface area contributed by atoms with Crippen molar-refractivity contribution in [3.05, 3.63) is 11.8 Å². The smallest absolute Gasteiger partial charge is 0.258 e. The molecule has 9 nitrogen and oxygen atoms in total. The minimum atomic E-state index is -1.17. The van der Waals surface area contributed by atoms with Crippen LogP contribution in [0.5, 0.6) is 0 Å². The molecule has 10 heteroatoms. The number of alkyl halides is 1. The van der Waals surface area contributed by atoms with E-state index in [-0.39, 0.29) is 48.0 Å². The topological polar surface area (TPSA) is 71.6 Å². The Labute approximate surface area is 257 Å². The number of fused-ring (bicyclic) bond motifs is 2. The van der Waals surface area contributed by atoms with Crippen LogP contribution in [0.2, 0.25) is 0 Å². The lowest BCUT2D eigenvalue weighted by atomic mass is 9.69. The molecule has 2 aliphatic carbocycles. The van der Waals surface area contributed by atoms with Gasteiger partial charge < -0.3 is 34.6 Å². The normalized spacial score (nSPS) is 38.1. The number of carbonyl (C=O) groups is 2. The molecule has 5 heterocycles. The predicted octanol–water partition coefficient (Wildman–Crippen LogP) is 1.87. The van der Waals surface area contributed by atoms with Crippen molar-refractivity contribution >= 4 is 11.7 Å². The van der Waals surface area contributed by atoms with Gasteiger partial charge in [0, 0.05) is 57.4 Å². The molecule has 0 aromatic heterocycles. The van der Waals surface area contributed by atoms with Crippen LogP contribution in [0.1, 0.15) is 64.2 Å². The van der Waals surface area contributed by atoms with Gasteiger partial charge >= 0.3 is 0 Å². The summed E-state index contributed by atoms with van der Waals surface area (Å²) < 4.78 is 22.8. The molecule has 7 unspecified atom stereocenters. The molecule has 0 radical (unpaired) electrons. The maximum atomic E-state index is 16.1. The largest absolute Gasteiger partial charge is 0.369 e. The Balaban J connectivity index is 1.05. The number of amides is 1. The molecule has 7 rings (SSSR count). The van der Waals surface area contributed by atoms with Crippen molar-refractivity contribution in [1.82, 2.24) is 29.8 Å². The SMILES string of the molecule is CN1CCN(CCCNC2C(F)CC3C(=O)C(C(=O)N4CCC(N5CCCC5)CC4)=CN4C5CCCCC5OC2C34)CC1. The summed E-state index contributed by atoms with van der Waals surface area (Å²) in [5.74, 6) is -0.831. The summed E-state index contributed by atoms with van der Waals surface area (Å²) in [4.78, 5) is 39.6. The van der Waals surface area contributed by atoms with Crippen molar-refractivity contribution in [2.24, 2.45) is 5.92 Å². The molecule has 7 aliphatic rings. The van der Waals surface area contributed by atoms with Crippen molar-refractivity contribution < 1.29 is 18.7 Å². The van der Waals surface area contributed by atoms with Crippen molar-refractivity contribution in [3.8, 4) is 0 Å². The highest BCUT2D eigenvalue weighted by atomic mass is 19.1. The van der Waals surface area contributed by atoms with Crippen LogP contribution >= 0.6 is 0 Å². The quantitative estimate of drug-likeness (QED) is 0.351. The first kappa shape index (κ1) is 30.1. The lowest BCUT2D eigenvalue weighted by Gasteiger charge is -2.59. The number of morpholine rings is 1. The number of hydrogen-bond donors (Lipinski definition) is 1. The molecule has 1 amide bonds. The Bertz CT molecular complexity index is 1040. The monoisotopic (exact) mass is 600 g/mol. The standard InChI is InChI=1S/C33H53FN6O3/c1-36-17-19-37(20-18-36)12-6-11-35-29-26(34)21-24-30-32(29)43-28-8-3-2-7-27(28)40(30)22-25(31(24)41)33(42)39-15-9-23(10-16-39)38-13-4-5-14-38/h22-24,26-30,32,35H,2-21H2,1H3. The number of hydrogen-bond acceptors (Lipinski definition) is 8. The number of ether oxygens (including phenoxy) is 1. The molecule has 0 aromatic rings. The van der Waals surface area contributed by atoms with Gasteiger partial charge in [0.25, 0.3) is 5.91 Å². The second kappa shape index (κ2) is 13.0. The van der Waals surface area contributed by atoms with Crippen LogP contribution in [0.4, 0.5) is 4.39 Å². The molecule has 240 valence electrons. The molecule has 43 heavy (non-hydrogen) atoms. The van der Waals surface area contributed by atoms with E-state index in [2.05, 4.69) is 32.0 Å². The summed E-state index contributed by atoms with van der Waals surface area (Å²) in [6.45, 7) is 9.86. The molecule has 0 bridgehead atoms. The number of likely N-dealkylation sites (tertiary alicyclic amines) is 2. The average Bonchev–Trinajstić information content (AvgIpc) is 3.57. The van der Waals surface area contributed by atoms with Crippen LogP contribution in [-0.4, -0.2) is 151 Å². The lowest BCUT2D eigenvalue weighted by molar-refractivity contribution is -0.197. The van der Waals surface area contributed by atoms with Gasteiger partial charge in [0.15, 0.2) is 5.78 Å². The van der Waals surface area contributed by atoms with Gasteiger partial charge in [0.1, 0.15) is 6.17 Å². The van der Waals surface area contributed by atoms with Crippen LogP contribution in [0, 0.1) is 5.92 Å². The van der Waals surface area contributed by atoms with Gasteiger partial charge in [-0.2, -0.15) is 0 Å². The van der Waals surface area contributed by atoms with Crippen molar-refractivity contribution in [1.29, 1.82) is 0 Å². The van der Waals surface area contributed by atoms with E-state index in [4.69, 9.17) is 4.74 Å². The third kappa shape index (κ3) is 6.03. The van der Waals surface area contributed by atoms with Gasteiger partial charge in [-0.05, 0) is 84.6 Å². The summed E-state index contributed by atoms with van der Waals surface area (Å²) in [6.07, 6.45) is 10.2. The number of halogens is 1. The summed E-state index contributed by atoms with van der Waals surface area (Å²) >= 11 is 0. The van der Waals surface area contributed by atoms with Gasteiger partial charge in [-0.1, -0.05) is 12.8 Å². The Kier molecular flexibility index (Phi) is 9.11. The van der Waals surface area contributed by atoms with E-state index in [1.54, 1.807) is 0 Å². The van der Waals surface area contributed by atoms with Crippen LogP contribution in [0.25, 0.3) is 0 Å². The zero-order valence-electron chi connectivity index (χ0n) is 26.2. The summed E-state index contributed by atoms with van der Waals surface area (Å²) in [6, 6.07) is 0.0727. The highest BCUT2D eigenvalue weighted by Crippen LogP contribution is 2.45. The summed E-state index contributed by atoms with van der Waals surface area (Å²) in [5, 5.41) is 3.56. The van der Waals surface area contributed by atoms with Crippen LogP contribution in [0.3, 0.4) is 0 Å². The maximum absolute atomic E-state index is 16.1. The molecular formula is C33H53FN6O3. The van der Waals surface area contributed by atoms with E-state index in [1.165, 1.54) is 25.9 Å². The van der Waals surface area contributed by atoms with E-state index in [0.717, 1.165) is 84.2 Å². The van der Waals surface area contributed by atoms with Gasteiger partial charge in [0.2, 0.25) is 0 Å². The molecule has 0 aromatic carbocycles. The minimum absolute atomic E-state index is 0.0209. The fraction of sp³-hybridized carbons (Fsp3) is 0.879. The van der Waals surface area contributed by atoms with Crippen LogP contribution < -0.4 is 5.32 Å². The number of piperidine rings is 1. The van der Waals surface area contributed by atoms with Crippen molar-refractivity contribution in [2.75, 3.05) is 72.5 Å². The molecular weight excluding hydrogens is 547 g/mol. The second-order valence-electron chi connectivity index (χ2n) is 14.4. The molecule has 4 saturated heterocycles. The van der Waals surface area contributed by atoms with E-state index in [1.807, 2.05) is 11.1 Å². The molecule has 1 N–H and O–H groups in total. The number of rotatable bonds is 7. The first-order chi connectivity index (χ1) is 21.0. The summed E-state index contributed by atoms with van der Waals surface area (Å²) in [5.41, 5.74) is 0.289. The van der Waals surface area contributed by atoms with E-state index >= 15 is 4.39 Å². The zero-order valence-corrected chi connectivity index (χ0v) is 26.2. The first-order valence-electron chi connectivity index (χ1n) is 17.5. The molecule has 6 fully saturated rings. The molecule has 0 spiro atoms. The zero-order chi connectivity index (χ0) is 29.5. The van der Waals surface area contributed by atoms with Crippen molar-refractivity contribution in [3.63, 3.8) is 0 Å². The van der Waals surface area contributed by atoms with Gasteiger partial charge in [0.05, 0.1) is 35.9 Å². The van der Waals surface area contributed by atoms with E-state index in [9.17, 15) is 9.59 Å². The highest BCUT2D eigenvalue weighted by molar-refractivity contribution is 6.20. The second-order valence-corrected chi connectivity index (χ2v) is 14.4. The fourth-order valence-corrected chi connectivity index (χ4v) is 9.33. The van der Waals surface area contributed by atoms with E-state index < -0.39 is 18.1 Å². The number of carbonyl (C=O) groups excluding carboxylic acids is 2. The van der Waals surface area contributed by atoms with Gasteiger partial charge in [-0.3, -0.25) is 9.59 Å². The first-order valence-corrected chi connectivity index (χ1v) is 17.5. The van der Waals surface area contributed by atoms with Gasteiger partial charge in [-0.15, -0.1) is 0 Å². The molecule has 7 atom stereocenters. The predicted molar refractivity (Wildman–Crippen MR) is 163 cm³/mol. The Morgan fingerprint density at radius 3 is 2.49 bits per heavy atom. The molecule has 5 aliphatic heterocycles. The third-order valence-electron chi connectivity index (χ3n) is 11.8. The fourth-order valence-electron chi connectivity index (χ4n) is 9.33. The lowest BCUT2D eigenvalue weighted by Crippen LogP contribution is -2.72. The number of nitrogens with zero attached hydrogens (tertiary/aromatic N) is 5. The molecule has 2 saturated carbocycles. The van der Waals surface area contributed by atoms with E-state index in [0.29, 0.717) is 19.1 Å². The minimum Gasteiger partial charge on any atom is -0.369 e. The average molecular weight is 601 g/mol. The number of nitrogens with one attached hydrogen (secondary N) is 1. The maximum Gasteiger partial charge on any atom is 0.258 e. The Morgan fingerprint density at radius 2 is 1.72 bits per heavy atom. The summed E-state index contributed by atoms with van der Waals surface area (Å²) in [7, 11) is 2.17. The number of ketones is 1. The van der Waals surface area contributed by atoms with Crippen molar-refractivity contribution in [2.45, 2.75) is 107 Å².